The molecule has 24 heavy (non-hydrogen) atoms. The third-order valence-corrected chi connectivity index (χ3v) is 6.72. The lowest BCUT2D eigenvalue weighted by molar-refractivity contribution is 0.507. The number of nitrogens with zero attached hydrogens (tertiary/aromatic N) is 3. The van der Waals surface area contributed by atoms with Crippen molar-refractivity contribution in [2.24, 2.45) is 5.92 Å². The molecule has 0 unspecified atom stereocenters. The molecular weight excluding hydrogens is 475 g/mol. The first-order chi connectivity index (χ1) is 11.4. The average molecular weight is 498 g/mol. The van der Waals surface area contributed by atoms with Crippen LogP contribution in [0.15, 0.2) is 0 Å². The highest BCUT2D eigenvalue weighted by Crippen LogP contribution is 2.21. The first-order valence-electron chi connectivity index (χ1n) is 6.89. The zero-order valence-corrected chi connectivity index (χ0v) is 20.8. The molecule has 0 saturated heterocycles. The van der Waals surface area contributed by atoms with Gasteiger partial charge in [0.05, 0.1) is 50.2 Å². The Morgan fingerprint density at radius 1 is 0.583 bits per heavy atom. The van der Waals surface area contributed by atoms with Crippen LogP contribution in [0, 0.1) is 5.92 Å². The molecule has 0 aromatic carbocycles. The lowest BCUT2D eigenvalue weighted by atomic mass is 10.00. The smallest absolute Gasteiger partial charge is 0.0832 e. The first-order valence-corrected chi connectivity index (χ1v) is 11.9. The van der Waals surface area contributed by atoms with Crippen LogP contribution in [-0.2, 0) is 0 Å². The summed E-state index contributed by atoms with van der Waals surface area (Å²) in [6.45, 7) is 0. The lowest BCUT2D eigenvalue weighted by Crippen LogP contribution is -2.39. The average Bonchev–Trinajstić information content (AvgIpc) is 2.57. The maximum atomic E-state index is 5.65. The number of hydrogen-bond donors (Lipinski definition) is 6. The number of rotatable bonds is 11. The van der Waals surface area contributed by atoms with Gasteiger partial charge in [-0.3, -0.25) is 0 Å². The quantitative estimate of drug-likeness (QED) is 0.147. The number of thiocarbonyl (C=S) groups is 3. The standard InChI is InChI=1S/C12H23N3S9/c16-3-13(4-17)10(22)1-9(12(24)15(7-20)8-21)2-11(23)14(5-18)6-19/h9,16-21H,1-8H2. The van der Waals surface area contributed by atoms with Gasteiger partial charge in [-0.1, -0.05) is 36.7 Å². The SMILES string of the molecule is S=C(CC(CC(=S)N(CS)CS)C(=S)N(CS)CS)N(CS)CS. The maximum absolute atomic E-state index is 5.65. The fraction of sp³-hybridized carbons (Fsp3) is 0.750. The van der Waals surface area contributed by atoms with E-state index < -0.39 is 0 Å². The van der Waals surface area contributed by atoms with Gasteiger partial charge in [-0.05, 0) is 0 Å². The van der Waals surface area contributed by atoms with Crippen molar-refractivity contribution in [3.63, 3.8) is 0 Å². The Kier molecular flexibility index (Phi) is 15.9. The minimum atomic E-state index is -0.0242. The summed E-state index contributed by atoms with van der Waals surface area (Å²) in [5.74, 6) is 2.99. The molecule has 0 heterocycles. The highest BCUT2D eigenvalue weighted by molar-refractivity contribution is 7.83. The first kappa shape index (κ1) is 25.8. The highest BCUT2D eigenvalue weighted by Gasteiger charge is 2.25. The molecule has 0 atom stereocenters. The summed E-state index contributed by atoms with van der Waals surface area (Å²) in [5, 5.41) is 0. The van der Waals surface area contributed by atoms with Gasteiger partial charge in [-0.2, -0.15) is 75.8 Å². The molecular formula is C12H23N3S9. The van der Waals surface area contributed by atoms with Crippen molar-refractivity contribution in [1.29, 1.82) is 0 Å². The third-order valence-electron chi connectivity index (χ3n) is 3.23. The molecule has 0 aliphatic heterocycles. The van der Waals surface area contributed by atoms with E-state index in [-0.39, 0.29) is 5.92 Å². The van der Waals surface area contributed by atoms with Gasteiger partial charge in [-0.25, -0.2) is 0 Å². The monoisotopic (exact) mass is 497 g/mol. The predicted molar refractivity (Wildman–Crippen MR) is 139 cm³/mol. The van der Waals surface area contributed by atoms with Crippen molar-refractivity contribution in [2.45, 2.75) is 12.8 Å². The number of hydrogen-bond acceptors (Lipinski definition) is 9. The van der Waals surface area contributed by atoms with Crippen molar-refractivity contribution in [2.75, 3.05) is 35.3 Å². The molecule has 0 fully saturated rings. The van der Waals surface area contributed by atoms with E-state index in [1.165, 1.54) is 0 Å². The van der Waals surface area contributed by atoms with Crippen LogP contribution in [0.4, 0.5) is 0 Å². The van der Waals surface area contributed by atoms with Gasteiger partial charge in [0.15, 0.2) is 0 Å². The van der Waals surface area contributed by atoms with Gasteiger partial charge in [0.25, 0.3) is 0 Å². The zero-order chi connectivity index (χ0) is 18.7. The summed E-state index contributed by atoms with van der Waals surface area (Å²) in [5.41, 5.74) is 0. The van der Waals surface area contributed by atoms with Crippen LogP contribution < -0.4 is 0 Å². The molecule has 3 nitrogen and oxygen atoms in total. The molecule has 0 aromatic heterocycles. The van der Waals surface area contributed by atoms with E-state index in [4.69, 9.17) is 36.7 Å². The summed E-state index contributed by atoms with van der Waals surface area (Å²) in [7, 11) is 0. The second-order valence-electron chi connectivity index (χ2n) is 4.70. The van der Waals surface area contributed by atoms with Crippen LogP contribution in [0.5, 0.6) is 0 Å². The normalized spacial score (nSPS) is 10.6. The van der Waals surface area contributed by atoms with Gasteiger partial charge in [0.2, 0.25) is 0 Å². The minimum absolute atomic E-state index is 0.0242. The largest absolute Gasteiger partial charge is 0.348 e. The van der Waals surface area contributed by atoms with Crippen LogP contribution in [0.1, 0.15) is 12.8 Å². The van der Waals surface area contributed by atoms with Crippen LogP contribution in [0.3, 0.4) is 0 Å². The van der Waals surface area contributed by atoms with Crippen molar-refractivity contribution in [3.8, 4) is 0 Å². The fourth-order valence-electron chi connectivity index (χ4n) is 1.77. The second kappa shape index (κ2) is 14.8. The minimum Gasteiger partial charge on any atom is -0.348 e. The van der Waals surface area contributed by atoms with Crippen molar-refractivity contribution < 1.29 is 0 Å². The van der Waals surface area contributed by atoms with Crippen molar-refractivity contribution >= 4 is 127 Å². The van der Waals surface area contributed by atoms with Gasteiger partial charge in [0, 0.05) is 18.8 Å². The zero-order valence-electron chi connectivity index (χ0n) is 13.0. The van der Waals surface area contributed by atoms with Crippen LogP contribution in [0.2, 0.25) is 0 Å². The lowest BCUT2D eigenvalue weighted by Gasteiger charge is -2.31. The molecule has 0 bridgehead atoms. The van der Waals surface area contributed by atoms with E-state index in [0.717, 1.165) is 15.0 Å². The van der Waals surface area contributed by atoms with Crippen molar-refractivity contribution in [1.82, 2.24) is 14.7 Å². The van der Waals surface area contributed by atoms with Gasteiger partial charge < -0.3 is 14.7 Å². The molecule has 12 heteroatoms. The molecule has 0 aromatic rings. The summed E-state index contributed by atoms with van der Waals surface area (Å²) >= 11 is 42.5. The van der Waals surface area contributed by atoms with Crippen LogP contribution in [0.25, 0.3) is 0 Å². The Morgan fingerprint density at radius 3 is 1.12 bits per heavy atom. The van der Waals surface area contributed by atoms with Gasteiger partial charge in [0.1, 0.15) is 0 Å². The molecule has 0 radical (unpaired) electrons. The summed E-state index contributed by atoms with van der Waals surface area (Å²) < 4.78 is 0. The molecule has 0 rings (SSSR count). The van der Waals surface area contributed by atoms with E-state index in [0.29, 0.717) is 48.1 Å². The summed E-state index contributed by atoms with van der Waals surface area (Å²) in [6, 6.07) is 0. The van der Waals surface area contributed by atoms with Gasteiger partial charge >= 0.3 is 0 Å². The molecule has 0 N–H and O–H groups in total. The van der Waals surface area contributed by atoms with Crippen LogP contribution in [-0.4, -0.2) is 64.9 Å². The second-order valence-corrected chi connectivity index (χ2v) is 7.76. The van der Waals surface area contributed by atoms with E-state index in [9.17, 15) is 0 Å². The van der Waals surface area contributed by atoms with E-state index >= 15 is 0 Å². The fourth-order valence-corrected chi connectivity index (χ4v) is 5.37. The summed E-state index contributed by atoms with van der Waals surface area (Å²) in [4.78, 5) is 7.99. The summed E-state index contributed by atoms with van der Waals surface area (Å²) in [6.07, 6.45) is 1.20. The van der Waals surface area contributed by atoms with E-state index in [1.54, 1.807) is 0 Å². The maximum Gasteiger partial charge on any atom is 0.0832 e. The molecule has 0 amide bonds. The molecule has 140 valence electrons. The Morgan fingerprint density at radius 2 is 0.875 bits per heavy atom. The molecule has 0 aliphatic carbocycles. The predicted octanol–water partition coefficient (Wildman–Crippen LogP) is 3.59. The molecule has 0 aliphatic rings. The Balaban J connectivity index is 5.25. The molecule has 0 saturated carbocycles. The highest BCUT2D eigenvalue weighted by atomic mass is 32.1. The van der Waals surface area contributed by atoms with Gasteiger partial charge in [-0.15, -0.1) is 0 Å². The molecule has 0 spiro atoms. The van der Waals surface area contributed by atoms with Crippen molar-refractivity contribution in [3.05, 3.63) is 0 Å². The Hall–Kier alpha value is 1.77. The van der Waals surface area contributed by atoms with E-state index in [1.807, 2.05) is 14.7 Å². The number of thiol groups is 6. The Labute approximate surface area is 194 Å². The topological polar surface area (TPSA) is 9.72 Å². The Bertz CT molecular complexity index is 383. The van der Waals surface area contributed by atoms with E-state index in [2.05, 4.69) is 75.8 Å². The third kappa shape index (κ3) is 8.64. The van der Waals surface area contributed by atoms with Crippen LogP contribution >= 0.6 is 112 Å².